The van der Waals surface area contributed by atoms with Gasteiger partial charge in [0.2, 0.25) is 10.0 Å². The molecule has 1 saturated heterocycles. The first-order valence-electron chi connectivity index (χ1n) is 6.58. The molecule has 7 heteroatoms. The fraction of sp³-hybridized carbons (Fsp3) is 0.538. The van der Waals surface area contributed by atoms with Crippen LogP contribution in [0.4, 0.5) is 0 Å². The van der Waals surface area contributed by atoms with E-state index in [1.807, 2.05) is 0 Å². The number of piperidine rings is 1. The van der Waals surface area contributed by atoms with Crippen molar-refractivity contribution in [2.75, 3.05) is 18.8 Å². The first-order valence-corrected chi connectivity index (χ1v) is 9.01. The molecule has 0 amide bonds. The van der Waals surface area contributed by atoms with Crippen molar-refractivity contribution in [3.05, 3.63) is 18.3 Å². The van der Waals surface area contributed by atoms with E-state index in [0.717, 1.165) is 19.3 Å². The van der Waals surface area contributed by atoms with Gasteiger partial charge in [0.05, 0.1) is 10.8 Å². The minimum atomic E-state index is -3.42. The summed E-state index contributed by atoms with van der Waals surface area (Å²) in [5, 5.41) is 0.665. The number of carbonyl (C=O) groups is 1. The number of sulfonamides is 1. The van der Waals surface area contributed by atoms with Gasteiger partial charge in [-0.3, -0.25) is 4.79 Å². The largest absolute Gasteiger partial charge is 0.299 e. The van der Waals surface area contributed by atoms with Crippen LogP contribution in [-0.4, -0.2) is 42.3 Å². The van der Waals surface area contributed by atoms with Gasteiger partial charge in [0.15, 0.2) is 0 Å². The number of hydrogen-bond donors (Lipinski definition) is 0. The van der Waals surface area contributed by atoms with E-state index in [4.69, 9.17) is 0 Å². The van der Waals surface area contributed by atoms with Gasteiger partial charge in [-0.15, -0.1) is 0 Å². The third kappa shape index (κ3) is 3.80. The molecule has 0 aromatic carbocycles. The zero-order valence-electron chi connectivity index (χ0n) is 11.4. The molecule has 1 fully saturated rings. The van der Waals surface area contributed by atoms with Crippen molar-refractivity contribution in [3.63, 3.8) is 0 Å². The van der Waals surface area contributed by atoms with Gasteiger partial charge < -0.3 is 0 Å². The Morgan fingerprint density at radius 1 is 1.30 bits per heavy atom. The summed E-state index contributed by atoms with van der Waals surface area (Å²) in [6, 6.07) is 3.23. The second-order valence-corrected chi connectivity index (χ2v) is 7.72. The molecular weight excluding hydrogens is 296 g/mol. The third-order valence-electron chi connectivity index (χ3n) is 3.09. The standard InChI is InChI=1S/C13H18N2O3S2/c1-11(16)10-19-13-6-5-12(9-14-13)20(17,18)15-7-3-2-4-8-15/h5-6,9H,2-4,7-8,10H2,1H3. The van der Waals surface area contributed by atoms with Crippen molar-refractivity contribution >= 4 is 27.6 Å². The van der Waals surface area contributed by atoms with Crippen molar-refractivity contribution in [3.8, 4) is 0 Å². The second kappa shape index (κ2) is 6.69. The van der Waals surface area contributed by atoms with E-state index in [2.05, 4.69) is 4.98 Å². The van der Waals surface area contributed by atoms with Crippen LogP contribution in [0.15, 0.2) is 28.3 Å². The molecule has 2 heterocycles. The van der Waals surface area contributed by atoms with E-state index in [-0.39, 0.29) is 10.7 Å². The molecular formula is C13H18N2O3S2. The normalized spacial score (nSPS) is 17.1. The molecule has 1 aliphatic rings. The highest BCUT2D eigenvalue weighted by molar-refractivity contribution is 7.99. The quantitative estimate of drug-likeness (QED) is 0.777. The predicted octanol–water partition coefficient (Wildman–Crippen LogP) is 1.94. The molecule has 5 nitrogen and oxygen atoms in total. The molecule has 1 aromatic rings. The summed E-state index contributed by atoms with van der Waals surface area (Å²) in [6.45, 7) is 2.69. The minimum Gasteiger partial charge on any atom is -0.299 e. The molecule has 110 valence electrons. The maximum Gasteiger partial charge on any atom is 0.244 e. The van der Waals surface area contributed by atoms with Crippen LogP contribution in [0.25, 0.3) is 0 Å². The summed E-state index contributed by atoms with van der Waals surface area (Å²) >= 11 is 1.31. The first-order chi connectivity index (χ1) is 9.50. The highest BCUT2D eigenvalue weighted by Crippen LogP contribution is 2.22. The van der Waals surface area contributed by atoms with Crippen LogP contribution in [0.3, 0.4) is 0 Å². The number of ketones is 1. The van der Waals surface area contributed by atoms with Gasteiger partial charge in [-0.25, -0.2) is 13.4 Å². The molecule has 0 radical (unpaired) electrons. The van der Waals surface area contributed by atoms with Crippen molar-refractivity contribution < 1.29 is 13.2 Å². The molecule has 0 spiro atoms. The van der Waals surface area contributed by atoms with E-state index in [1.165, 1.54) is 29.2 Å². The fourth-order valence-electron chi connectivity index (χ4n) is 2.03. The lowest BCUT2D eigenvalue weighted by atomic mass is 10.2. The minimum absolute atomic E-state index is 0.0711. The smallest absolute Gasteiger partial charge is 0.244 e. The van der Waals surface area contributed by atoms with Crippen LogP contribution >= 0.6 is 11.8 Å². The number of pyridine rings is 1. The lowest BCUT2D eigenvalue weighted by molar-refractivity contribution is -0.114. The van der Waals surface area contributed by atoms with Crippen LogP contribution in [-0.2, 0) is 14.8 Å². The molecule has 20 heavy (non-hydrogen) atoms. The summed E-state index contributed by atoms with van der Waals surface area (Å²) in [6.07, 6.45) is 4.30. The maximum atomic E-state index is 12.4. The van der Waals surface area contributed by atoms with Gasteiger partial charge in [0.1, 0.15) is 10.7 Å². The number of carbonyl (C=O) groups excluding carboxylic acids is 1. The number of aromatic nitrogens is 1. The monoisotopic (exact) mass is 314 g/mol. The third-order valence-corrected chi connectivity index (χ3v) is 6.06. The fourth-order valence-corrected chi connectivity index (χ4v) is 4.14. The van der Waals surface area contributed by atoms with Gasteiger partial charge in [-0.05, 0) is 31.9 Å². The van der Waals surface area contributed by atoms with Gasteiger partial charge in [0, 0.05) is 19.3 Å². The number of nitrogens with zero attached hydrogens (tertiary/aromatic N) is 2. The summed E-state index contributed by atoms with van der Waals surface area (Å²) in [5.74, 6) is 0.424. The zero-order chi connectivity index (χ0) is 14.6. The summed E-state index contributed by atoms with van der Waals surface area (Å²) in [7, 11) is -3.42. The number of rotatable bonds is 5. The van der Waals surface area contributed by atoms with E-state index in [0.29, 0.717) is 23.9 Å². The molecule has 1 aliphatic heterocycles. The van der Waals surface area contributed by atoms with E-state index in [1.54, 1.807) is 12.1 Å². The average Bonchev–Trinajstić information content (AvgIpc) is 2.46. The van der Waals surface area contributed by atoms with Crippen molar-refractivity contribution in [1.29, 1.82) is 0 Å². The molecule has 0 N–H and O–H groups in total. The zero-order valence-corrected chi connectivity index (χ0v) is 13.0. The van der Waals surface area contributed by atoms with Gasteiger partial charge >= 0.3 is 0 Å². The van der Waals surface area contributed by atoms with Gasteiger partial charge in [-0.1, -0.05) is 18.2 Å². The summed E-state index contributed by atoms with van der Waals surface area (Å²) < 4.78 is 26.3. The topological polar surface area (TPSA) is 67.3 Å². The highest BCUT2D eigenvalue weighted by Gasteiger charge is 2.26. The molecule has 0 unspecified atom stereocenters. The second-order valence-electron chi connectivity index (χ2n) is 4.79. The number of hydrogen-bond acceptors (Lipinski definition) is 5. The Kier molecular flexibility index (Phi) is 5.17. The molecule has 0 saturated carbocycles. The van der Waals surface area contributed by atoms with Crippen molar-refractivity contribution in [1.82, 2.24) is 9.29 Å². The van der Waals surface area contributed by atoms with Gasteiger partial charge in [-0.2, -0.15) is 4.31 Å². The van der Waals surface area contributed by atoms with Crippen LogP contribution in [0.5, 0.6) is 0 Å². The predicted molar refractivity (Wildman–Crippen MR) is 78.3 cm³/mol. The Bertz CT molecular complexity index is 564. The first kappa shape index (κ1) is 15.5. The lowest BCUT2D eigenvalue weighted by Crippen LogP contribution is -2.35. The Labute approximate surface area is 123 Å². The molecule has 0 aliphatic carbocycles. The SMILES string of the molecule is CC(=O)CSc1ccc(S(=O)(=O)N2CCCCC2)cn1. The summed E-state index contributed by atoms with van der Waals surface area (Å²) in [5.41, 5.74) is 0. The maximum absolute atomic E-state index is 12.4. The average molecular weight is 314 g/mol. The molecule has 1 aromatic heterocycles. The van der Waals surface area contributed by atoms with E-state index < -0.39 is 10.0 Å². The van der Waals surface area contributed by atoms with Crippen LogP contribution in [0.2, 0.25) is 0 Å². The molecule has 2 rings (SSSR count). The molecule has 0 bridgehead atoms. The Balaban J connectivity index is 2.10. The summed E-state index contributed by atoms with van der Waals surface area (Å²) in [4.78, 5) is 15.2. The number of thioether (sulfide) groups is 1. The highest BCUT2D eigenvalue weighted by atomic mass is 32.2. The van der Waals surface area contributed by atoms with Crippen LogP contribution in [0.1, 0.15) is 26.2 Å². The number of Topliss-reactive ketones (excluding diaryl/α,β-unsaturated/α-hetero) is 1. The lowest BCUT2D eigenvalue weighted by Gasteiger charge is -2.25. The Hall–Kier alpha value is -0.920. The Morgan fingerprint density at radius 3 is 2.55 bits per heavy atom. The van der Waals surface area contributed by atoms with E-state index in [9.17, 15) is 13.2 Å². The molecule has 0 atom stereocenters. The van der Waals surface area contributed by atoms with Crippen LogP contribution in [0, 0.1) is 0 Å². The van der Waals surface area contributed by atoms with Gasteiger partial charge in [0.25, 0.3) is 0 Å². The Morgan fingerprint density at radius 2 is 2.00 bits per heavy atom. The van der Waals surface area contributed by atoms with Crippen molar-refractivity contribution in [2.24, 2.45) is 0 Å². The van der Waals surface area contributed by atoms with Crippen LogP contribution < -0.4 is 0 Å². The van der Waals surface area contributed by atoms with Crippen molar-refractivity contribution in [2.45, 2.75) is 36.1 Å². The van der Waals surface area contributed by atoms with E-state index >= 15 is 0 Å².